The molecule has 1 unspecified atom stereocenters. The summed E-state index contributed by atoms with van der Waals surface area (Å²) in [7, 11) is 0. The third kappa shape index (κ3) is 5.85. The zero-order chi connectivity index (χ0) is 12.1. The van der Waals surface area contributed by atoms with E-state index in [1.807, 2.05) is 4.90 Å². The van der Waals surface area contributed by atoms with Crippen LogP contribution >= 0.6 is 0 Å². The zero-order valence-electron chi connectivity index (χ0n) is 10.6. The van der Waals surface area contributed by atoms with Gasteiger partial charge in [0.15, 0.2) is 0 Å². The van der Waals surface area contributed by atoms with Crippen LogP contribution in [0.25, 0.3) is 0 Å². The van der Waals surface area contributed by atoms with E-state index in [1.54, 1.807) is 24.7 Å². The molecule has 1 amide bonds. The average molecular weight is 408 g/mol. The fourth-order valence-electron chi connectivity index (χ4n) is 1.86. The number of likely N-dealkylation sites (tertiary alicyclic amines) is 1. The molecule has 1 aliphatic heterocycles. The molecule has 1 fully saturated rings. The normalized spacial score (nSPS) is 20.9. The van der Waals surface area contributed by atoms with Crippen molar-refractivity contribution in [3.8, 4) is 0 Å². The number of amides is 1. The first-order chi connectivity index (χ1) is 6.90. The fourth-order valence-corrected chi connectivity index (χ4v) is 1.86. The second-order valence-corrected chi connectivity index (χ2v) is 5.32. The summed E-state index contributed by atoms with van der Waals surface area (Å²) < 4.78 is 2.06. The van der Waals surface area contributed by atoms with E-state index in [9.17, 15) is 4.79 Å². The Morgan fingerprint density at radius 1 is 1.40 bits per heavy atom. The van der Waals surface area contributed by atoms with Gasteiger partial charge in [0.05, 0.1) is 0 Å². The number of carbonyl (C=O) groups excluding carboxylic acids is 1. The summed E-state index contributed by atoms with van der Waals surface area (Å²) in [5.41, 5.74) is 0.124. The van der Waals surface area contributed by atoms with Crippen molar-refractivity contribution in [3.05, 3.63) is 0 Å². The van der Waals surface area contributed by atoms with E-state index in [4.69, 9.17) is 0 Å². The van der Waals surface area contributed by atoms with Crippen molar-refractivity contribution in [2.24, 2.45) is 5.41 Å². The maximum atomic E-state index is 11.8. The Morgan fingerprint density at radius 2 is 1.93 bits per heavy atom. The predicted octanol–water partition coefficient (Wildman–Crippen LogP) is 3.02. The Morgan fingerprint density at radius 3 is 2.27 bits per heavy atom. The first-order valence-electron chi connectivity index (χ1n) is 5.57. The van der Waals surface area contributed by atoms with Crippen LogP contribution in [0, 0.1) is 30.1 Å². The van der Waals surface area contributed by atoms with Crippen LogP contribution in [0.15, 0.2) is 0 Å². The Balaban J connectivity index is 0.000000921. The number of hydrogen-bond donors (Lipinski definition) is 0. The first kappa shape index (κ1) is 15.4. The molecule has 1 heterocycles. The van der Waals surface area contributed by atoms with Crippen LogP contribution in [0.1, 0.15) is 47.0 Å². The molecule has 0 aromatic rings. The van der Waals surface area contributed by atoms with Gasteiger partial charge in [0.2, 0.25) is 5.91 Å². The third-order valence-corrected chi connectivity index (χ3v) is 2.55. The SMILES string of the molecule is CC1CCCN1C(=O)CC(C)(C)C.C[At]. The van der Waals surface area contributed by atoms with Crippen molar-refractivity contribution in [2.45, 2.75) is 57.6 Å². The molecule has 3 heteroatoms. The topological polar surface area (TPSA) is 20.3 Å². The van der Waals surface area contributed by atoms with Crippen LogP contribution in [0.2, 0.25) is 4.63 Å². The molecule has 90 valence electrons. The van der Waals surface area contributed by atoms with Gasteiger partial charge in [-0.3, -0.25) is 4.79 Å². The monoisotopic (exact) mass is 408 g/mol. The molecule has 1 atom stereocenters. The predicted molar refractivity (Wildman–Crippen MR) is 60.3 cm³/mol. The van der Waals surface area contributed by atoms with Crippen LogP contribution in [0.5, 0.6) is 0 Å². The van der Waals surface area contributed by atoms with Gasteiger partial charge in [-0.25, -0.2) is 0 Å². The Hall–Kier alpha value is 0.353. The first-order valence-corrected chi connectivity index (χ1v) is 8.51. The molecule has 15 heavy (non-hydrogen) atoms. The summed E-state index contributed by atoms with van der Waals surface area (Å²) in [6.07, 6.45) is 3.03. The van der Waals surface area contributed by atoms with Gasteiger partial charge in [0.25, 0.3) is 0 Å². The van der Waals surface area contributed by atoms with Gasteiger partial charge in [-0.2, -0.15) is 0 Å². The second-order valence-electron chi connectivity index (χ2n) is 5.32. The van der Waals surface area contributed by atoms with Gasteiger partial charge in [-0.1, -0.05) is 20.8 Å². The van der Waals surface area contributed by atoms with Gasteiger partial charge < -0.3 is 4.90 Å². The standard InChI is InChI=1S/C11H21NO.CH3At/c1-9-6-5-7-12(9)10(13)8-11(2,3)4;1-2/h9H,5-8H2,1-4H3;1H3. The molecule has 0 N–H and O–H groups in total. The van der Waals surface area contributed by atoms with Gasteiger partial charge in [0, 0.05) is 19.0 Å². The minimum atomic E-state index is 0.124. The van der Waals surface area contributed by atoms with Crippen molar-refractivity contribution < 1.29 is 29.5 Å². The van der Waals surface area contributed by atoms with E-state index in [1.165, 1.54) is 12.8 Å². The van der Waals surface area contributed by atoms with Gasteiger partial charge >= 0.3 is 29.4 Å². The fraction of sp³-hybridized carbons (Fsp3) is 0.917. The van der Waals surface area contributed by atoms with E-state index >= 15 is 0 Å². The summed E-state index contributed by atoms with van der Waals surface area (Å²) >= 11 is 1.72. The second kappa shape index (κ2) is 6.83. The van der Waals surface area contributed by atoms with Crippen LogP contribution in [0.3, 0.4) is 0 Å². The van der Waals surface area contributed by atoms with Crippen LogP contribution in [0.4, 0.5) is 0 Å². The molecule has 1 saturated heterocycles. The van der Waals surface area contributed by atoms with Gasteiger partial charge in [0.1, 0.15) is 0 Å². The summed E-state index contributed by atoms with van der Waals surface area (Å²) in [6.45, 7) is 9.46. The molecule has 1 aliphatic rings. The molecule has 0 aromatic heterocycles. The Kier molecular flexibility index (Phi) is 6.99. The Bertz CT molecular complexity index is 198. The molecule has 1 rings (SSSR count). The number of nitrogens with zero attached hydrogens (tertiary/aromatic N) is 1. The quantitative estimate of drug-likeness (QED) is 0.653. The molecular formula is C12H24AtNO. The minimum absolute atomic E-state index is 0.124. The van der Waals surface area contributed by atoms with Crippen molar-refractivity contribution in [1.29, 1.82) is 0 Å². The molecule has 0 saturated carbocycles. The molecule has 0 aromatic carbocycles. The summed E-state index contributed by atoms with van der Waals surface area (Å²) in [6, 6.07) is 0.467. The summed E-state index contributed by atoms with van der Waals surface area (Å²) in [4.78, 5) is 13.8. The third-order valence-electron chi connectivity index (χ3n) is 2.55. The van der Waals surface area contributed by atoms with Crippen molar-refractivity contribution in [1.82, 2.24) is 4.90 Å². The van der Waals surface area contributed by atoms with Gasteiger partial charge in [-0.15, -0.1) is 0 Å². The van der Waals surface area contributed by atoms with Crippen molar-refractivity contribution in [3.63, 3.8) is 0 Å². The maximum absolute atomic E-state index is 11.8. The van der Waals surface area contributed by atoms with E-state index in [-0.39, 0.29) is 5.41 Å². The van der Waals surface area contributed by atoms with Crippen molar-refractivity contribution in [2.75, 3.05) is 6.54 Å². The van der Waals surface area contributed by atoms with Crippen molar-refractivity contribution >= 4 is 5.91 Å². The average Bonchev–Trinajstić information content (AvgIpc) is 2.52. The van der Waals surface area contributed by atoms with Crippen LogP contribution in [-0.2, 0) is 4.79 Å². The Labute approximate surface area is 110 Å². The van der Waals surface area contributed by atoms with Gasteiger partial charge in [-0.05, 0) is 25.2 Å². The number of rotatable bonds is 1. The molecular weight excluding hydrogens is 384 g/mol. The number of hydrogen-bond acceptors (Lipinski definition) is 1. The van der Waals surface area contributed by atoms with E-state index in [0.29, 0.717) is 18.4 Å². The van der Waals surface area contributed by atoms with E-state index in [2.05, 4.69) is 32.3 Å². The van der Waals surface area contributed by atoms with Crippen LogP contribution in [-0.4, -0.2) is 23.4 Å². The molecule has 0 spiro atoms. The molecule has 0 aliphatic carbocycles. The van der Waals surface area contributed by atoms with E-state index < -0.39 is 0 Å². The summed E-state index contributed by atoms with van der Waals surface area (Å²) in [5, 5.41) is 0. The molecule has 0 radical (unpaired) electrons. The number of carbonyl (C=O) groups is 1. The van der Waals surface area contributed by atoms with E-state index in [0.717, 1.165) is 6.54 Å². The molecule has 2 nitrogen and oxygen atoms in total. The zero-order valence-corrected chi connectivity index (χ0v) is 13.6. The molecule has 0 bridgehead atoms. The van der Waals surface area contributed by atoms with Crippen LogP contribution < -0.4 is 0 Å². The summed E-state index contributed by atoms with van der Waals surface area (Å²) in [5.74, 6) is 0.331.